The summed E-state index contributed by atoms with van der Waals surface area (Å²) in [5, 5.41) is 10.5. The minimum Gasteiger partial charge on any atom is -0.508 e. The average Bonchev–Trinajstić information content (AvgIpc) is 3.20. The Morgan fingerprint density at radius 1 is 0.733 bits per heavy atom. The molecule has 5 rings (SSSR count). The predicted octanol–water partition coefficient (Wildman–Crippen LogP) is 4.30. The van der Waals surface area contributed by atoms with Gasteiger partial charge in [-0.3, -0.25) is 4.79 Å². The first-order valence-corrected chi connectivity index (χ1v) is 10.2. The van der Waals surface area contributed by atoms with Crippen LogP contribution < -0.4 is 4.90 Å². The molecule has 0 saturated carbocycles. The second-order valence-electron chi connectivity index (χ2n) is 7.56. The zero-order valence-corrected chi connectivity index (χ0v) is 16.6. The molecule has 0 aliphatic carbocycles. The highest BCUT2D eigenvalue weighted by Crippen LogP contribution is 2.27. The van der Waals surface area contributed by atoms with E-state index in [0.717, 1.165) is 40.9 Å². The molecule has 1 aromatic heterocycles. The fraction of sp³-hybridized carbons (Fsp3) is 0.160. The largest absolute Gasteiger partial charge is 0.508 e. The van der Waals surface area contributed by atoms with Crippen molar-refractivity contribution in [2.45, 2.75) is 0 Å². The van der Waals surface area contributed by atoms with Crippen LogP contribution in [0.2, 0.25) is 0 Å². The van der Waals surface area contributed by atoms with E-state index in [-0.39, 0.29) is 11.7 Å². The molecule has 5 nitrogen and oxygen atoms in total. The first-order valence-electron chi connectivity index (χ1n) is 10.2. The van der Waals surface area contributed by atoms with Gasteiger partial charge in [0.25, 0.3) is 5.91 Å². The Morgan fingerprint density at radius 2 is 1.40 bits per heavy atom. The van der Waals surface area contributed by atoms with E-state index < -0.39 is 0 Å². The quantitative estimate of drug-likeness (QED) is 0.561. The smallest absolute Gasteiger partial charge is 0.256 e. The molecular formula is C25H23N3O2. The summed E-state index contributed by atoms with van der Waals surface area (Å²) in [6, 6.07) is 25.4. The molecule has 0 spiro atoms. The Bertz CT molecular complexity index is 1170. The molecule has 1 amide bonds. The maximum absolute atomic E-state index is 13.4. The standard InChI is InChI=1S/C25H23N3O2/c29-21-12-10-19(11-13-21)26-14-16-27(17-15-26)25(30)23-18-28(20-6-2-1-3-7-20)24-9-5-4-8-22(23)24/h1-13,18,29H,14-17H2. The summed E-state index contributed by atoms with van der Waals surface area (Å²) in [5.74, 6) is 0.341. The van der Waals surface area contributed by atoms with Crippen molar-refractivity contribution in [3.05, 3.63) is 90.6 Å². The van der Waals surface area contributed by atoms with E-state index in [2.05, 4.69) is 27.7 Å². The van der Waals surface area contributed by atoms with E-state index >= 15 is 0 Å². The highest BCUT2D eigenvalue weighted by molar-refractivity contribution is 6.07. The molecule has 2 heterocycles. The SMILES string of the molecule is O=C(c1cn(-c2ccccc2)c2ccccc12)N1CCN(c2ccc(O)cc2)CC1. The number of anilines is 1. The van der Waals surface area contributed by atoms with Gasteiger partial charge < -0.3 is 19.5 Å². The minimum absolute atomic E-state index is 0.0752. The Balaban J connectivity index is 1.40. The van der Waals surface area contributed by atoms with Crippen molar-refractivity contribution in [3.8, 4) is 11.4 Å². The summed E-state index contributed by atoms with van der Waals surface area (Å²) in [6.07, 6.45) is 1.97. The van der Waals surface area contributed by atoms with Gasteiger partial charge in [0.05, 0.1) is 11.1 Å². The number of nitrogens with zero attached hydrogens (tertiary/aromatic N) is 3. The lowest BCUT2D eigenvalue weighted by Gasteiger charge is -2.36. The van der Waals surface area contributed by atoms with Crippen LogP contribution >= 0.6 is 0 Å². The lowest BCUT2D eigenvalue weighted by molar-refractivity contribution is 0.0748. The highest BCUT2D eigenvalue weighted by Gasteiger charge is 2.25. The van der Waals surface area contributed by atoms with Gasteiger partial charge in [-0.15, -0.1) is 0 Å². The maximum Gasteiger partial charge on any atom is 0.256 e. The molecule has 5 heteroatoms. The van der Waals surface area contributed by atoms with Crippen molar-refractivity contribution in [3.63, 3.8) is 0 Å². The molecule has 30 heavy (non-hydrogen) atoms. The maximum atomic E-state index is 13.4. The van der Waals surface area contributed by atoms with Gasteiger partial charge in [-0.25, -0.2) is 0 Å². The van der Waals surface area contributed by atoms with Crippen molar-refractivity contribution in [2.75, 3.05) is 31.1 Å². The number of aromatic hydroxyl groups is 1. The van der Waals surface area contributed by atoms with E-state index in [4.69, 9.17) is 0 Å². The molecule has 1 N–H and O–H groups in total. The van der Waals surface area contributed by atoms with Gasteiger partial charge in [0.15, 0.2) is 0 Å². The van der Waals surface area contributed by atoms with Crippen LogP contribution in [0.5, 0.6) is 5.75 Å². The molecule has 0 bridgehead atoms. The molecule has 1 saturated heterocycles. The Hall–Kier alpha value is -3.73. The molecular weight excluding hydrogens is 374 g/mol. The predicted molar refractivity (Wildman–Crippen MR) is 119 cm³/mol. The summed E-state index contributed by atoms with van der Waals surface area (Å²) >= 11 is 0. The lowest BCUT2D eigenvalue weighted by atomic mass is 10.1. The first-order chi connectivity index (χ1) is 14.7. The van der Waals surface area contributed by atoms with Gasteiger partial charge >= 0.3 is 0 Å². The van der Waals surface area contributed by atoms with Crippen molar-refractivity contribution >= 4 is 22.5 Å². The van der Waals surface area contributed by atoms with Crippen molar-refractivity contribution in [1.82, 2.24) is 9.47 Å². The summed E-state index contributed by atoms with van der Waals surface area (Å²) in [6.45, 7) is 2.89. The highest BCUT2D eigenvalue weighted by atomic mass is 16.3. The molecule has 0 radical (unpaired) electrons. The van der Waals surface area contributed by atoms with Crippen LogP contribution in [0, 0.1) is 0 Å². The molecule has 1 aliphatic heterocycles. The normalized spacial score (nSPS) is 14.3. The number of hydrogen-bond donors (Lipinski definition) is 1. The number of hydrogen-bond acceptors (Lipinski definition) is 3. The molecule has 1 fully saturated rings. The van der Waals surface area contributed by atoms with Crippen LogP contribution in [-0.4, -0.2) is 46.7 Å². The van der Waals surface area contributed by atoms with Crippen LogP contribution in [-0.2, 0) is 0 Å². The zero-order valence-electron chi connectivity index (χ0n) is 16.6. The van der Waals surface area contributed by atoms with Crippen LogP contribution in [0.3, 0.4) is 0 Å². The van der Waals surface area contributed by atoms with Crippen LogP contribution in [0.4, 0.5) is 5.69 Å². The van der Waals surface area contributed by atoms with E-state index in [9.17, 15) is 9.90 Å². The number of carbonyl (C=O) groups excluding carboxylic acids is 1. The van der Waals surface area contributed by atoms with Gasteiger partial charge in [0.2, 0.25) is 0 Å². The van der Waals surface area contributed by atoms with E-state index in [0.29, 0.717) is 13.1 Å². The van der Waals surface area contributed by atoms with E-state index in [1.165, 1.54) is 0 Å². The summed E-state index contributed by atoms with van der Waals surface area (Å²) in [4.78, 5) is 17.6. The zero-order chi connectivity index (χ0) is 20.5. The Kier molecular flexibility index (Phi) is 4.64. The number of rotatable bonds is 3. The number of piperazine rings is 1. The van der Waals surface area contributed by atoms with E-state index in [1.54, 1.807) is 12.1 Å². The van der Waals surface area contributed by atoms with Gasteiger partial charge in [0.1, 0.15) is 5.75 Å². The number of fused-ring (bicyclic) bond motifs is 1. The third kappa shape index (κ3) is 3.28. The average molecular weight is 397 g/mol. The second-order valence-corrected chi connectivity index (χ2v) is 7.56. The van der Waals surface area contributed by atoms with Crippen LogP contribution in [0.25, 0.3) is 16.6 Å². The van der Waals surface area contributed by atoms with Gasteiger partial charge in [-0.05, 0) is 42.5 Å². The summed E-state index contributed by atoms with van der Waals surface area (Å²) in [5.41, 5.74) is 3.90. The van der Waals surface area contributed by atoms with Crippen LogP contribution in [0.15, 0.2) is 85.1 Å². The molecule has 0 atom stereocenters. The molecule has 4 aromatic rings. The first kappa shape index (κ1) is 18.3. The third-order valence-corrected chi connectivity index (χ3v) is 5.76. The number of carbonyl (C=O) groups is 1. The van der Waals surface area contributed by atoms with Gasteiger partial charge in [-0.2, -0.15) is 0 Å². The van der Waals surface area contributed by atoms with Crippen molar-refractivity contribution < 1.29 is 9.90 Å². The Morgan fingerprint density at radius 3 is 2.13 bits per heavy atom. The van der Waals surface area contributed by atoms with Crippen molar-refractivity contribution in [2.24, 2.45) is 0 Å². The van der Waals surface area contributed by atoms with Gasteiger partial charge in [-0.1, -0.05) is 36.4 Å². The molecule has 0 unspecified atom stereocenters. The van der Waals surface area contributed by atoms with E-state index in [1.807, 2.05) is 59.6 Å². The fourth-order valence-corrected chi connectivity index (χ4v) is 4.15. The summed E-state index contributed by atoms with van der Waals surface area (Å²) < 4.78 is 2.09. The Labute approximate surface area is 175 Å². The van der Waals surface area contributed by atoms with Crippen molar-refractivity contribution in [1.29, 1.82) is 0 Å². The number of para-hydroxylation sites is 2. The number of phenols is 1. The molecule has 150 valence electrons. The lowest BCUT2D eigenvalue weighted by Crippen LogP contribution is -2.48. The molecule has 1 aliphatic rings. The second kappa shape index (κ2) is 7.59. The number of amides is 1. The number of benzene rings is 3. The fourth-order valence-electron chi connectivity index (χ4n) is 4.15. The van der Waals surface area contributed by atoms with Gasteiger partial charge in [0, 0.05) is 49.1 Å². The monoisotopic (exact) mass is 397 g/mol. The molecule has 3 aromatic carbocycles. The third-order valence-electron chi connectivity index (χ3n) is 5.76. The minimum atomic E-state index is 0.0752. The summed E-state index contributed by atoms with van der Waals surface area (Å²) in [7, 11) is 0. The number of phenolic OH excluding ortho intramolecular Hbond substituents is 1. The number of aromatic nitrogens is 1. The topological polar surface area (TPSA) is 48.7 Å². The van der Waals surface area contributed by atoms with Crippen LogP contribution in [0.1, 0.15) is 10.4 Å².